The van der Waals surface area contributed by atoms with Crippen LogP contribution >= 0.6 is 11.8 Å². The summed E-state index contributed by atoms with van der Waals surface area (Å²) in [5, 5.41) is 12.1. The van der Waals surface area contributed by atoms with Crippen LogP contribution in [0.1, 0.15) is 6.92 Å². The lowest BCUT2D eigenvalue weighted by atomic mass is 10.2. The molecule has 0 aliphatic rings. The van der Waals surface area contributed by atoms with Gasteiger partial charge < -0.3 is 14.8 Å². The normalized spacial score (nSPS) is 10.5. The lowest BCUT2D eigenvalue weighted by Gasteiger charge is -2.11. The van der Waals surface area contributed by atoms with Crippen LogP contribution in [0.15, 0.2) is 66.3 Å². The number of para-hydroxylation sites is 1. The van der Waals surface area contributed by atoms with Crippen LogP contribution in [0.2, 0.25) is 0 Å². The molecule has 30 heavy (non-hydrogen) atoms. The highest BCUT2D eigenvalue weighted by Gasteiger charge is 2.18. The third-order valence-corrected chi connectivity index (χ3v) is 5.11. The first-order valence-corrected chi connectivity index (χ1v) is 10.5. The monoisotopic (exact) mass is 424 g/mol. The Balaban J connectivity index is 1.75. The maximum absolute atomic E-state index is 12.4. The SMILES string of the molecule is C=CCn1c(SCC(=O)Nc2cccc(OC)c2)nnc1-c1ccccc1OCC. The first-order valence-electron chi connectivity index (χ1n) is 9.49. The van der Waals surface area contributed by atoms with Crippen molar-refractivity contribution in [3.05, 3.63) is 61.2 Å². The van der Waals surface area contributed by atoms with Gasteiger partial charge in [0.1, 0.15) is 11.5 Å². The Morgan fingerprint density at radius 3 is 2.83 bits per heavy atom. The molecular weight excluding hydrogens is 400 g/mol. The molecule has 1 amide bonds. The van der Waals surface area contributed by atoms with Gasteiger partial charge in [0, 0.05) is 18.3 Å². The summed E-state index contributed by atoms with van der Waals surface area (Å²) in [6.45, 7) is 6.84. The highest BCUT2D eigenvalue weighted by atomic mass is 32.2. The summed E-state index contributed by atoms with van der Waals surface area (Å²) < 4.78 is 12.8. The number of anilines is 1. The number of nitrogens with one attached hydrogen (secondary N) is 1. The number of rotatable bonds is 10. The van der Waals surface area contributed by atoms with E-state index in [1.165, 1.54) is 11.8 Å². The minimum absolute atomic E-state index is 0.141. The van der Waals surface area contributed by atoms with Crippen molar-refractivity contribution in [1.82, 2.24) is 14.8 Å². The summed E-state index contributed by atoms with van der Waals surface area (Å²) in [5.41, 5.74) is 1.53. The first-order chi connectivity index (χ1) is 14.7. The van der Waals surface area contributed by atoms with Crippen LogP contribution in [0.3, 0.4) is 0 Å². The maximum Gasteiger partial charge on any atom is 0.234 e. The second kappa shape index (κ2) is 10.5. The average molecular weight is 425 g/mol. The van der Waals surface area contributed by atoms with E-state index >= 15 is 0 Å². The van der Waals surface area contributed by atoms with E-state index in [0.717, 1.165) is 11.3 Å². The van der Waals surface area contributed by atoms with E-state index in [1.807, 2.05) is 54.0 Å². The van der Waals surface area contributed by atoms with Crippen LogP contribution in [-0.2, 0) is 11.3 Å². The zero-order chi connectivity index (χ0) is 21.3. The van der Waals surface area contributed by atoms with Crippen LogP contribution in [0, 0.1) is 0 Å². The predicted octanol–water partition coefficient (Wildman–Crippen LogP) is 4.27. The average Bonchev–Trinajstić information content (AvgIpc) is 3.16. The van der Waals surface area contributed by atoms with Gasteiger partial charge >= 0.3 is 0 Å². The number of allylic oxidation sites excluding steroid dienone is 1. The molecule has 0 atom stereocenters. The van der Waals surface area contributed by atoms with Crippen molar-refractivity contribution < 1.29 is 14.3 Å². The fourth-order valence-corrected chi connectivity index (χ4v) is 3.60. The molecule has 0 aliphatic heterocycles. The summed E-state index contributed by atoms with van der Waals surface area (Å²) in [5.74, 6) is 2.15. The molecule has 7 nitrogen and oxygen atoms in total. The number of hydrogen-bond acceptors (Lipinski definition) is 6. The Hall–Kier alpha value is -3.26. The number of carbonyl (C=O) groups excluding carboxylic acids is 1. The lowest BCUT2D eigenvalue weighted by Crippen LogP contribution is -2.14. The Labute approximate surface area is 180 Å². The first kappa shape index (κ1) is 21.4. The van der Waals surface area contributed by atoms with Crippen molar-refractivity contribution in [2.75, 3.05) is 24.8 Å². The van der Waals surface area contributed by atoms with E-state index in [1.54, 1.807) is 19.3 Å². The van der Waals surface area contributed by atoms with Crippen molar-refractivity contribution in [2.24, 2.45) is 0 Å². The molecule has 0 saturated heterocycles. The van der Waals surface area contributed by atoms with Gasteiger partial charge in [-0.25, -0.2) is 0 Å². The van der Waals surface area contributed by atoms with Crippen molar-refractivity contribution in [1.29, 1.82) is 0 Å². The van der Waals surface area contributed by atoms with Crippen molar-refractivity contribution in [2.45, 2.75) is 18.6 Å². The molecule has 156 valence electrons. The molecule has 3 rings (SSSR count). The van der Waals surface area contributed by atoms with Crippen LogP contribution in [-0.4, -0.2) is 40.1 Å². The summed E-state index contributed by atoms with van der Waals surface area (Å²) in [6, 6.07) is 14.9. The predicted molar refractivity (Wildman–Crippen MR) is 119 cm³/mol. The summed E-state index contributed by atoms with van der Waals surface area (Å²) in [7, 11) is 1.59. The van der Waals surface area contributed by atoms with Crippen molar-refractivity contribution in [3.8, 4) is 22.9 Å². The molecule has 0 spiro atoms. The van der Waals surface area contributed by atoms with Gasteiger partial charge in [-0.2, -0.15) is 0 Å². The van der Waals surface area contributed by atoms with Crippen LogP contribution in [0.25, 0.3) is 11.4 Å². The van der Waals surface area contributed by atoms with E-state index in [9.17, 15) is 4.79 Å². The van der Waals surface area contributed by atoms with Gasteiger partial charge in [-0.1, -0.05) is 36.0 Å². The molecule has 2 aromatic carbocycles. The topological polar surface area (TPSA) is 78.3 Å². The van der Waals surface area contributed by atoms with Gasteiger partial charge in [0.2, 0.25) is 5.91 Å². The third-order valence-electron chi connectivity index (χ3n) is 4.14. The second-order valence-corrected chi connectivity index (χ2v) is 7.15. The number of amides is 1. The highest BCUT2D eigenvalue weighted by Crippen LogP contribution is 2.31. The van der Waals surface area contributed by atoms with Crippen LogP contribution in [0.4, 0.5) is 5.69 Å². The largest absolute Gasteiger partial charge is 0.497 e. The fraction of sp³-hybridized carbons (Fsp3) is 0.227. The molecule has 0 aliphatic carbocycles. The lowest BCUT2D eigenvalue weighted by molar-refractivity contribution is -0.113. The van der Waals surface area contributed by atoms with Crippen molar-refractivity contribution >= 4 is 23.4 Å². The van der Waals surface area contributed by atoms with Gasteiger partial charge in [0.25, 0.3) is 0 Å². The fourth-order valence-electron chi connectivity index (χ4n) is 2.85. The number of ether oxygens (including phenoxy) is 2. The third kappa shape index (κ3) is 5.21. The van der Waals surface area contributed by atoms with Crippen LogP contribution < -0.4 is 14.8 Å². The minimum Gasteiger partial charge on any atom is -0.497 e. The Morgan fingerprint density at radius 2 is 2.07 bits per heavy atom. The van der Waals surface area contributed by atoms with E-state index < -0.39 is 0 Å². The molecule has 1 N–H and O–H groups in total. The van der Waals surface area contributed by atoms with Gasteiger partial charge in [-0.15, -0.1) is 16.8 Å². The summed E-state index contributed by atoms with van der Waals surface area (Å²) in [6.07, 6.45) is 1.77. The zero-order valence-corrected chi connectivity index (χ0v) is 17.8. The Kier molecular flexibility index (Phi) is 7.51. The smallest absolute Gasteiger partial charge is 0.234 e. The second-order valence-electron chi connectivity index (χ2n) is 6.20. The number of thioether (sulfide) groups is 1. The molecule has 3 aromatic rings. The number of hydrogen-bond donors (Lipinski definition) is 1. The number of carbonyl (C=O) groups is 1. The molecule has 0 bridgehead atoms. The molecule has 8 heteroatoms. The quantitative estimate of drug-likeness (QED) is 0.387. The molecule has 0 fully saturated rings. The van der Waals surface area contributed by atoms with Crippen molar-refractivity contribution in [3.63, 3.8) is 0 Å². The molecule has 1 heterocycles. The van der Waals surface area contributed by atoms with E-state index in [4.69, 9.17) is 9.47 Å². The number of benzene rings is 2. The van der Waals surface area contributed by atoms with Gasteiger partial charge in [0.15, 0.2) is 11.0 Å². The van der Waals surface area contributed by atoms with Gasteiger partial charge in [0.05, 0.1) is 25.0 Å². The Morgan fingerprint density at radius 1 is 1.23 bits per heavy atom. The molecular formula is C22H24N4O3S. The molecule has 0 unspecified atom stereocenters. The number of aromatic nitrogens is 3. The zero-order valence-electron chi connectivity index (χ0n) is 17.0. The number of methoxy groups -OCH3 is 1. The summed E-state index contributed by atoms with van der Waals surface area (Å²) in [4.78, 5) is 12.4. The molecule has 0 saturated carbocycles. The van der Waals surface area contributed by atoms with E-state index in [0.29, 0.717) is 35.6 Å². The summed E-state index contributed by atoms with van der Waals surface area (Å²) >= 11 is 1.32. The van der Waals surface area contributed by atoms with E-state index in [-0.39, 0.29) is 11.7 Å². The van der Waals surface area contributed by atoms with E-state index in [2.05, 4.69) is 22.1 Å². The number of nitrogens with zero attached hydrogens (tertiary/aromatic N) is 3. The van der Waals surface area contributed by atoms with Gasteiger partial charge in [-0.3, -0.25) is 9.36 Å². The van der Waals surface area contributed by atoms with Gasteiger partial charge in [-0.05, 0) is 31.2 Å². The Bertz CT molecular complexity index is 1020. The molecule has 1 aromatic heterocycles. The standard InChI is InChI=1S/C22H24N4O3S/c1-4-13-26-21(18-11-6-7-12-19(18)29-5-2)24-25-22(26)30-15-20(27)23-16-9-8-10-17(14-16)28-3/h4,6-12,14H,1,5,13,15H2,2-3H3,(H,23,27). The maximum atomic E-state index is 12.4. The van der Waals surface area contributed by atoms with Crippen LogP contribution in [0.5, 0.6) is 11.5 Å². The minimum atomic E-state index is -0.141. The molecule has 0 radical (unpaired) electrons. The highest BCUT2D eigenvalue weighted by molar-refractivity contribution is 7.99.